The Morgan fingerprint density at radius 3 is 2.53 bits per heavy atom. The van der Waals surface area contributed by atoms with E-state index in [4.69, 9.17) is 11.6 Å². The third kappa shape index (κ3) is 6.12. The third-order valence-corrected chi connectivity index (χ3v) is 6.35. The van der Waals surface area contributed by atoms with Gasteiger partial charge in [0, 0.05) is 49.8 Å². The Morgan fingerprint density at radius 1 is 1.20 bits per heavy atom. The molecule has 168 valence electrons. The van der Waals surface area contributed by atoms with E-state index in [1.807, 2.05) is 44.1 Å². The monoisotopic (exact) mass is 456 g/mol. The molecule has 0 aliphatic carbocycles. The Hall–Kier alpha value is -1.77. The van der Waals surface area contributed by atoms with Crippen molar-refractivity contribution in [2.75, 3.05) is 25.0 Å². The van der Waals surface area contributed by atoms with Crippen molar-refractivity contribution in [3.8, 4) is 0 Å². The van der Waals surface area contributed by atoms with E-state index >= 15 is 0 Å². The van der Waals surface area contributed by atoms with Gasteiger partial charge in [0.2, 0.25) is 0 Å². The SMILES string of the molecule is CCCCCN(C(=O)N1C=CN(Cc2ccc(N(C)CCC)cc2Cl)C1C)S(=O)O. The lowest BCUT2D eigenvalue weighted by molar-refractivity contribution is 0.146. The molecule has 0 saturated heterocycles. The molecule has 0 spiro atoms. The van der Waals surface area contributed by atoms with Gasteiger partial charge in [-0.2, -0.15) is 0 Å². The second kappa shape index (κ2) is 11.6. The highest BCUT2D eigenvalue weighted by Crippen LogP contribution is 2.27. The Labute approximate surface area is 187 Å². The minimum atomic E-state index is -2.35. The van der Waals surface area contributed by atoms with Crippen LogP contribution in [0.5, 0.6) is 0 Å². The molecule has 1 aliphatic rings. The molecular weight excluding hydrogens is 424 g/mol. The highest BCUT2D eigenvalue weighted by molar-refractivity contribution is 7.77. The Bertz CT molecular complexity index is 777. The second-order valence-electron chi connectivity index (χ2n) is 7.53. The zero-order valence-electron chi connectivity index (χ0n) is 18.3. The summed E-state index contributed by atoms with van der Waals surface area (Å²) in [7, 11) is 2.04. The zero-order chi connectivity index (χ0) is 22.3. The number of urea groups is 1. The molecule has 1 N–H and O–H groups in total. The number of carbonyl (C=O) groups excluding carboxylic acids is 1. The molecule has 0 bridgehead atoms. The van der Waals surface area contributed by atoms with Crippen LogP contribution >= 0.6 is 11.6 Å². The molecule has 1 aromatic carbocycles. The van der Waals surface area contributed by atoms with Crippen LogP contribution < -0.4 is 4.90 Å². The van der Waals surface area contributed by atoms with Crippen molar-refractivity contribution in [3.63, 3.8) is 0 Å². The molecule has 2 atom stereocenters. The van der Waals surface area contributed by atoms with Crippen LogP contribution in [-0.2, 0) is 17.8 Å². The molecule has 1 aromatic rings. The van der Waals surface area contributed by atoms with Crippen LogP contribution in [0.3, 0.4) is 0 Å². The van der Waals surface area contributed by atoms with E-state index in [1.54, 1.807) is 6.20 Å². The molecule has 2 amide bonds. The van der Waals surface area contributed by atoms with E-state index in [9.17, 15) is 13.6 Å². The summed E-state index contributed by atoms with van der Waals surface area (Å²) >= 11 is 4.18. The number of benzene rings is 1. The first-order valence-corrected chi connectivity index (χ1v) is 11.9. The van der Waals surface area contributed by atoms with Gasteiger partial charge in [0.1, 0.15) is 6.17 Å². The molecule has 0 aromatic heterocycles. The highest BCUT2D eigenvalue weighted by atomic mass is 35.5. The quantitative estimate of drug-likeness (QED) is 0.402. The van der Waals surface area contributed by atoms with Gasteiger partial charge >= 0.3 is 6.03 Å². The Balaban J connectivity index is 2.04. The van der Waals surface area contributed by atoms with Gasteiger partial charge in [-0.15, -0.1) is 0 Å². The minimum absolute atomic E-state index is 0.255. The lowest BCUT2D eigenvalue weighted by atomic mass is 10.1. The zero-order valence-corrected chi connectivity index (χ0v) is 19.8. The number of carbonyl (C=O) groups is 1. The predicted octanol–water partition coefficient (Wildman–Crippen LogP) is 4.87. The molecule has 1 heterocycles. The number of halogens is 1. The van der Waals surface area contributed by atoms with Crippen LogP contribution in [0, 0.1) is 0 Å². The van der Waals surface area contributed by atoms with Crippen molar-refractivity contribution in [2.45, 2.75) is 59.2 Å². The van der Waals surface area contributed by atoms with Gasteiger partial charge in [0.25, 0.3) is 11.3 Å². The fourth-order valence-electron chi connectivity index (χ4n) is 3.41. The molecule has 2 unspecified atom stereocenters. The average Bonchev–Trinajstić information content (AvgIpc) is 3.06. The van der Waals surface area contributed by atoms with Gasteiger partial charge in [0.15, 0.2) is 0 Å². The van der Waals surface area contributed by atoms with Crippen molar-refractivity contribution in [1.29, 1.82) is 0 Å². The van der Waals surface area contributed by atoms with Crippen molar-refractivity contribution in [2.24, 2.45) is 0 Å². The Kier molecular flexibility index (Phi) is 9.45. The maximum atomic E-state index is 12.8. The van der Waals surface area contributed by atoms with Crippen molar-refractivity contribution in [3.05, 3.63) is 41.2 Å². The number of hydrogen-bond acceptors (Lipinski definition) is 4. The van der Waals surface area contributed by atoms with Crippen LogP contribution in [0.25, 0.3) is 0 Å². The molecule has 9 heteroatoms. The average molecular weight is 457 g/mol. The first-order chi connectivity index (χ1) is 14.3. The summed E-state index contributed by atoms with van der Waals surface area (Å²) in [5, 5.41) is 0.679. The smallest absolute Gasteiger partial charge is 0.339 e. The fourth-order valence-corrected chi connectivity index (χ4v) is 4.16. The molecule has 7 nitrogen and oxygen atoms in total. The van der Waals surface area contributed by atoms with Gasteiger partial charge < -0.3 is 9.80 Å². The molecule has 1 aliphatic heterocycles. The maximum absolute atomic E-state index is 12.8. The largest absolute Gasteiger partial charge is 0.375 e. The van der Waals surface area contributed by atoms with Gasteiger partial charge in [0.05, 0.1) is 0 Å². The second-order valence-corrected chi connectivity index (χ2v) is 8.84. The molecule has 30 heavy (non-hydrogen) atoms. The lowest BCUT2D eigenvalue weighted by Gasteiger charge is -2.31. The van der Waals surface area contributed by atoms with Crippen molar-refractivity contribution < 1.29 is 13.6 Å². The maximum Gasteiger partial charge on any atom is 0.339 e. The summed E-state index contributed by atoms with van der Waals surface area (Å²) in [5.41, 5.74) is 2.03. The van der Waals surface area contributed by atoms with Crippen molar-refractivity contribution in [1.82, 2.24) is 14.1 Å². The van der Waals surface area contributed by atoms with E-state index in [2.05, 4.69) is 17.9 Å². The van der Waals surface area contributed by atoms with Gasteiger partial charge in [-0.3, -0.25) is 9.45 Å². The van der Waals surface area contributed by atoms with E-state index in [-0.39, 0.29) is 12.7 Å². The van der Waals surface area contributed by atoms with Gasteiger partial charge in [-0.25, -0.2) is 13.3 Å². The van der Waals surface area contributed by atoms with Crippen LogP contribution in [0.1, 0.15) is 52.0 Å². The standard InChI is InChI=1S/C21H33ClN4O3S/c1-5-7-8-12-26(30(28)29)21(27)25-14-13-24(17(25)3)16-18-9-10-19(15-20(18)22)23(4)11-6-2/h9-10,13-15,17H,5-8,11-12,16H2,1-4H3,(H,28,29). The molecule has 0 saturated carbocycles. The number of nitrogens with zero attached hydrogens (tertiary/aromatic N) is 4. The first-order valence-electron chi connectivity index (χ1n) is 10.4. The predicted molar refractivity (Wildman–Crippen MR) is 123 cm³/mol. The number of rotatable bonds is 10. The van der Waals surface area contributed by atoms with E-state index in [0.717, 1.165) is 41.4 Å². The summed E-state index contributed by atoms with van der Waals surface area (Å²) in [6, 6.07) is 5.55. The molecule has 2 rings (SSSR count). The van der Waals surface area contributed by atoms with E-state index < -0.39 is 17.3 Å². The number of hydrogen-bond donors (Lipinski definition) is 1. The van der Waals surface area contributed by atoms with Gasteiger partial charge in [-0.1, -0.05) is 44.4 Å². The van der Waals surface area contributed by atoms with Crippen LogP contribution in [0.4, 0.5) is 10.5 Å². The summed E-state index contributed by atoms with van der Waals surface area (Å²) in [6.45, 7) is 7.82. The summed E-state index contributed by atoms with van der Waals surface area (Å²) < 4.78 is 22.3. The van der Waals surface area contributed by atoms with E-state index in [0.29, 0.717) is 18.0 Å². The third-order valence-electron chi connectivity index (χ3n) is 5.28. The number of amides is 2. The summed E-state index contributed by atoms with van der Waals surface area (Å²) in [6.07, 6.45) is 6.82. The van der Waals surface area contributed by atoms with E-state index in [1.165, 1.54) is 4.90 Å². The summed E-state index contributed by atoms with van der Waals surface area (Å²) in [4.78, 5) is 18.5. The first kappa shape index (κ1) is 24.5. The Morgan fingerprint density at radius 2 is 1.93 bits per heavy atom. The summed E-state index contributed by atoms with van der Waals surface area (Å²) in [5.74, 6) is 0. The highest BCUT2D eigenvalue weighted by Gasteiger charge is 2.32. The number of anilines is 1. The molecular formula is C21H33ClN4O3S. The molecule has 0 fully saturated rings. The fraction of sp³-hybridized carbons (Fsp3) is 0.571. The number of unbranched alkanes of at least 4 members (excludes halogenated alkanes) is 2. The molecule has 0 radical (unpaired) electrons. The lowest BCUT2D eigenvalue weighted by Crippen LogP contribution is -2.47. The van der Waals surface area contributed by atoms with Crippen molar-refractivity contribution >= 4 is 34.6 Å². The van der Waals surface area contributed by atoms with Crippen LogP contribution in [-0.4, -0.2) is 55.2 Å². The van der Waals surface area contributed by atoms with Gasteiger partial charge in [-0.05, 0) is 37.5 Å². The topological polar surface area (TPSA) is 67.3 Å². The minimum Gasteiger partial charge on any atom is -0.375 e. The van der Waals surface area contributed by atoms with Crippen LogP contribution in [0.2, 0.25) is 5.02 Å². The normalized spacial score (nSPS) is 16.8. The van der Waals surface area contributed by atoms with Crippen LogP contribution in [0.15, 0.2) is 30.6 Å².